The molecule has 17 heavy (non-hydrogen) atoms. The SMILES string of the molecule is O=C(c1ccoc1Br)N1CCCCCC1CO. The van der Waals surface area contributed by atoms with E-state index in [0.29, 0.717) is 16.8 Å². The zero-order chi connectivity index (χ0) is 12.3. The Hall–Kier alpha value is -0.810. The van der Waals surface area contributed by atoms with E-state index in [0.717, 1.165) is 25.7 Å². The Morgan fingerprint density at radius 3 is 3.00 bits per heavy atom. The van der Waals surface area contributed by atoms with Crippen LogP contribution in [0.5, 0.6) is 0 Å². The predicted octanol–water partition coefficient (Wildman–Crippen LogP) is 2.42. The monoisotopic (exact) mass is 301 g/mol. The summed E-state index contributed by atoms with van der Waals surface area (Å²) in [6, 6.07) is 1.60. The molecule has 0 radical (unpaired) electrons. The van der Waals surface area contributed by atoms with Crippen molar-refractivity contribution in [3.63, 3.8) is 0 Å². The molecule has 1 saturated heterocycles. The van der Waals surface area contributed by atoms with Gasteiger partial charge in [-0.1, -0.05) is 12.8 Å². The molecule has 1 unspecified atom stereocenters. The molecule has 1 amide bonds. The minimum Gasteiger partial charge on any atom is -0.457 e. The van der Waals surface area contributed by atoms with E-state index < -0.39 is 0 Å². The van der Waals surface area contributed by atoms with Crippen LogP contribution in [0.15, 0.2) is 21.4 Å². The van der Waals surface area contributed by atoms with Crippen LogP contribution in [-0.2, 0) is 0 Å². The number of hydrogen-bond acceptors (Lipinski definition) is 3. The van der Waals surface area contributed by atoms with E-state index >= 15 is 0 Å². The second-order valence-electron chi connectivity index (χ2n) is 4.29. The summed E-state index contributed by atoms with van der Waals surface area (Å²) in [5.74, 6) is -0.0634. The van der Waals surface area contributed by atoms with Crippen LogP contribution in [0.2, 0.25) is 0 Å². The normalized spacial score (nSPS) is 21.3. The van der Waals surface area contributed by atoms with Crippen molar-refractivity contribution in [3.05, 3.63) is 22.6 Å². The third-order valence-electron chi connectivity index (χ3n) is 3.20. The molecule has 1 fully saturated rings. The van der Waals surface area contributed by atoms with Crippen LogP contribution in [0.25, 0.3) is 0 Å². The Labute approximate surface area is 109 Å². The first-order valence-corrected chi connectivity index (χ1v) is 6.68. The van der Waals surface area contributed by atoms with Crippen molar-refractivity contribution < 1.29 is 14.3 Å². The van der Waals surface area contributed by atoms with Crippen molar-refractivity contribution in [1.82, 2.24) is 4.90 Å². The lowest BCUT2D eigenvalue weighted by Crippen LogP contribution is -2.42. The van der Waals surface area contributed by atoms with Crippen LogP contribution in [0.4, 0.5) is 0 Å². The molecule has 1 aliphatic heterocycles. The predicted molar refractivity (Wildman–Crippen MR) is 66.8 cm³/mol. The van der Waals surface area contributed by atoms with E-state index in [4.69, 9.17) is 4.42 Å². The molecule has 1 N–H and O–H groups in total. The molecule has 0 bridgehead atoms. The van der Waals surface area contributed by atoms with Gasteiger partial charge in [-0.25, -0.2) is 0 Å². The average molecular weight is 302 g/mol. The molecule has 5 heteroatoms. The van der Waals surface area contributed by atoms with Crippen LogP contribution in [0, 0.1) is 0 Å². The lowest BCUT2D eigenvalue weighted by molar-refractivity contribution is 0.0598. The highest BCUT2D eigenvalue weighted by Gasteiger charge is 2.27. The lowest BCUT2D eigenvalue weighted by Gasteiger charge is -2.28. The molecule has 1 aliphatic rings. The lowest BCUT2D eigenvalue weighted by atomic mass is 10.1. The highest BCUT2D eigenvalue weighted by atomic mass is 79.9. The molecular formula is C12H16BrNO3. The van der Waals surface area contributed by atoms with Gasteiger partial charge in [0.2, 0.25) is 0 Å². The van der Waals surface area contributed by atoms with Crippen molar-refractivity contribution in [1.29, 1.82) is 0 Å². The second kappa shape index (κ2) is 5.69. The molecule has 94 valence electrons. The molecule has 2 heterocycles. The summed E-state index contributed by atoms with van der Waals surface area (Å²) in [5, 5.41) is 9.37. The third-order valence-corrected chi connectivity index (χ3v) is 3.81. The average Bonchev–Trinajstić information content (AvgIpc) is 2.64. The van der Waals surface area contributed by atoms with Crippen molar-refractivity contribution >= 4 is 21.8 Å². The summed E-state index contributed by atoms with van der Waals surface area (Å²) in [7, 11) is 0. The van der Waals surface area contributed by atoms with E-state index in [2.05, 4.69) is 15.9 Å². The number of likely N-dealkylation sites (tertiary alicyclic amines) is 1. The number of rotatable bonds is 2. The van der Waals surface area contributed by atoms with Gasteiger partial charge >= 0.3 is 0 Å². The summed E-state index contributed by atoms with van der Waals surface area (Å²) in [6.45, 7) is 0.739. The summed E-state index contributed by atoms with van der Waals surface area (Å²) in [5.41, 5.74) is 0.533. The van der Waals surface area contributed by atoms with Gasteiger partial charge in [0.05, 0.1) is 24.5 Å². The van der Waals surface area contributed by atoms with Crippen LogP contribution < -0.4 is 0 Å². The van der Waals surface area contributed by atoms with Crippen molar-refractivity contribution in [2.75, 3.05) is 13.2 Å². The molecule has 0 saturated carbocycles. The van der Waals surface area contributed by atoms with Gasteiger partial charge in [0.25, 0.3) is 5.91 Å². The topological polar surface area (TPSA) is 53.7 Å². The van der Waals surface area contributed by atoms with Crippen LogP contribution in [-0.4, -0.2) is 35.1 Å². The summed E-state index contributed by atoms with van der Waals surface area (Å²) < 4.78 is 5.54. The van der Waals surface area contributed by atoms with Crippen molar-refractivity contribution in [3.8, 4) is 0 Å². The number of amides is 1. The van der Waals surface area contributed by atoms with Gasteiger partial charge in [0.15, 0.2) is 4.67 Å². The molecule has 4 nitrogen and oxygen atoms in total. The van der Waals surface area contributed by atoms with E-state index in [-0.39, 0.29) is 18.6 Å². The van der Waals surface area contributed by atoms with Crippen LogP contribution in [0.1, 0.15) is 36.0 Å². The van der Waals surface area contributed by atoms with Gasteiger partial charge < -0.3 is 14.4 Å². The van der Waals surface area contributed by atoms with Gasteiger partial charge in [-0.2, -0.15) is 0 Å². The van der Waals surface area contributed by atoms with E-state index in [1.54, 1.807) is 11.0 Å². The minimum absolute atomic E-state index is 0.0290. The highest BCUT2D eigenvalue weighted by Crippen LogP contribution is 2.23. The maximum absolute atomic E-state index is 12.3. The van der Waals surface area contributed by atoms with Gasteiger partial charge in [-0.05, 0) is 34.8 Å². The van der Waals surface area contributed by atoms with Gasteiger partial charge in [0, 0.05) is 6.54 Å². The number of furan rings is 1. The number of carbonyl (C=O) groups excluding carboxylic acids is 1. The van der Waals surface area contributed by atoms with E-state index in [1.807, 2.05) is 0 Å². The number of halogens is 1. The van der Waals surface area contributed by atoms with E-state index in [9.17, 15) is 9.90 Å². The van der Waals surface area contributed by atoms with Crippen molar-refractivity contribution in [2.24, 2.45) is 0 Å². The summed E-state index contributed by atoms with van der Waals surface area (Å²) in [4.78, 5) is 14.1. The maximum atomic E-state index is 12.3. The fourth-order valence-corrected chi connectivity index (χ4v) is 2.65. The first-order chi connectivity index (χ1) is 8.24. The highest BCUT2D eigenvalue weighted by molar-refractivity contribution is 9.10. The molecule has 0 aromatic carbocycles. The number of hydrogen-bond donors (Lipinski definition) is 1. The third kappa shape index (κ3) is 2.72. The zero-order valence-electron chi connectivity index (χ0n) is 9.56. The van der Waals surface area contributed by atoms with Crippen LogP contribution >= 0.6 is 15.9 Å². The summed E-state index contributed by atoms with van der Waals surface area (Å²) >= 11 is 3.22. The molecular weight excluding hydrogens is 286 g/mol. The molecule has 0 aliphatic carbocycles. The Morgan fingerprint density at radius 1 is 1.53 bits per heavy atom. The smallest absolute Gasteiger partial charge is 0.258 e. The number of aliphatic hydroxyl groups excluding tert-OH is 1. The fourth-order valence-electron chi connectivity index (χ4n) is 2.24. The first-order valence-electron chi connectivity index (χ1n) is 5.89. The number of aliphatic hydroxyl groups is 1. The Balaban J connectivity index is 2.18. The maximum Gasteiger partial charge on any atom is 0.258 e. The molecule has 1 aromatic rings. The number of carbonyl (C=O) groups is 1. The first kappa shape index (κ1) is 12.6. The molecule has 1 aromatic heterocycles. The van der Waals surface area contributed by atoms with Crippen molar-refractivity contribution in [2.45, 2.75) is 31.7 Å². The standard InChI is InChI=1S/C12H16BrNO3/c13-11-10(5-7-17-11)12(16)14-6-3-1-2-4-9(14)8-15/h5,7,9,15H,1-4,6,8H2. The Kier molecular flexibility index (Phi) is 4.23. The molecule has 0 spiro atoms. The Morgan fingerprint density at radius 2 is 2.35 bits per heavy atom. The van der Waals surface area contributed by atoms with Gasteiger partial charge in [-0.3, -0.25) is 4.79 Å². The molecule has 2 rings (SSSR count). The van der Waals surface area contributed by atoms with Gasteiger partial charge in [0.1, 0.15) is 0 Å². The Bertz CT molecular complexity index is 391. The zero-order valence-corrected chi connectivity index (χ0v) is 11.1. The fraction of sp³-hybridized carbons (Fsp3) is 0.583. The quantitative estimate of drug-likeness (QED) is 0.913. The largest absolute Gasteiger partial charge is 0.457 e. The minimum atomic E-state index is -0.0634. The van der Waals surface area contributed by atoms with Crippen LogP contribution in [0.3, 0.4) is 0 Å². The summed E-state index contributed by atoms with van der Waals surface area (Å²) in [6.07, 6.45) is 5.55. The molecule has 1 atom stereocenters. The van der Waals surface area contributed by atoms with E-state index in [1.165, 1.54) is 6.26 Å². The number of nitrogens with zero attached hydrogens (tertiary/aromatic N) is 1. The van der Waals surface area contributed by atoms with Gasteiger partial charge in [-0.15, -0.1) is 0 Å². The second-order valence-corrected chi connectivity index (χ2v) is 5.01.